The predicted molar refractivity (Wildman–Crippen MR) is 88.9 cm³/mol. The van der Waals surface area contributed by atoms with E-state index in [-0.39, 0.29) is 16.7 Å². The summed E-state index contributed by atoms with van der Waals surface area (Å²) >= 11 is 0. The second kappa shape index (κ2) is 6.31. The largest absolute Gasteiger partial charge is 0.362 e. The summed E-state index contributed by atoms with van der Waals surface area (Å²) in [5.41, 5.74) is 0.617. The lowest BCUT2D eigenvalue weighted by Gasteiger charge is -2.24. The Balaban J connectivity index is 1.72. The highest BCUT2D eigenvalue weighted by Gasteiger charge is 2.25. The fourth-order valence-electron chi connectivity index (χ4n) is 2.73. The SMILES string of the molecule is CN1CCC/C1=N/S(=O)(=O)c1ccc(NC(=O)C2CCC2)cc1. The topological polar surface area (TPSA) is 78.8 Å². The van der Waals surface area contributed by atoms with Crippen LogP contribution in [0.2, 0.25) is 0 Å². The molecule has 0 spiro atoms. The third kappa shape index (κ3) is 3.55. The molecule has 6 nitrogen and oxygen atoms in total. The van der Waals surface area contributed by atoms with Gasteiger partial charge in [0.05, 0.1) is 4.90 Å². The zero-order chi connectivity index (χ0) is 16.4. The summed E-state index contributed by atoms with van der Waals surface area (Å²) in [5.74, 6) is 0.717. The molecule has 1 heterocycles. The van der Waals surface area contributed by atoms with Gasteiger partial charge in [0.2, 0.25) is 5.91 Å². The maximum absolute atomic E-state index is 12.3. The number of amidine groups is 1. The Bertz CT molecular complexity index is 721. The molecule has 124 valence electrons. The Labute approximate surface area is 136 Å². The molecule has 0 atom stereocenters. The molecule has 0 aromatic heterocycles. The van der Waals surface area contributed by atoms with E-state index in [1.165, 1.54) is 12.1 Å². The van der Waals surface area contributed by atoms with Crippen molar-refractivity contribution in [2.75, 3.05) is 18.9 Å². The van der Waals surface area contributed by atoms with Crippen molar-refractivity contribution in [2.24, 2.45) is 10.3 Å². The number of likely N-dealkylation sites (tertiary alicyclic amines) is 1. The van der Waals surface area contributed by atoms with E-state index in [1.54, 1.807) is 12.1 Å². The average Bonchev–Trinajstić information content (AvgIpc) is 2.82. The zero-order valence-corrected chi connectivity index (χ0v) is 14.0. The van der Waals surface area contributed by atoms with Crippen molar-refractivity contribution in [1.82, 2.24) is 4.90 Å². The first-order valence-electron chi connectivity index (χ1n) is 7.91. The molecule has 23 heavy (non-hydrogen) atoms. The fourth-order valence-corrected chi connectivity index (χ4v) is 3.82. The lowest BCUT2D eigenvalue weighted by atomic mass is 9.85. The molecular weight excluding hydrogens is 314 g/mol. The minimum atomic E-state index is -3.70. The summed E-state index contributed by atoms with van der Waals surface area (Å²) in [4.78, 5) is 13.9. The third-order valence-electron chi connectivity index (χ3n) is 4.46. The number of amides is 1. The first kappa shape index (κ1) is 16.0. The molecule has 2 fully saturated rings. The number of carbonyl (C=O) groups excluding carboxylic acids is 1. The third-order valence-corrected chi connectivity index (χ3v) is 5.77. The lowest BCUT2D eigenvalue weighted by Crippen LogP contribution is -2.28. The fraction of sp³-hybridized carbons (Fsp3) is 0.500. The number of rotatable bonds is 4. The molecule has 1 aromatic carbocycles. The predicted octanol–water partition coefficient (Wildman–Crippen LogP) is 2.24. The quantitative estimate of drug-likeness (QED) is 0.915. The minimum absolute atomic E-state index is 0.0136. The highest BCUT2D eigenvalue weighted by atomic mass is 32.2. The first-order valence-corrected chi connectivity index (χ1v) is 9.35. The Hall–Kier alpha value is -1.89. The smallest absolute Gasteiger partial charge is 0.283 e. The molecular formula is C16H21N3O3S. The van der Waals surface area contributed by atoms with Gasteiger partial charge in [0.1, 0.15) is 5.84 Å². The van der Waals surface area contributed by atoms with Crippen LogP contribution in [0, 0.1) is 5.92 Å². The van der Waals surface area contributed by atoms with E-state index < -0.39 is 10.0 Å². The molecule has 1 aliphatic carbocycles. The Morgan fingerprint density at radius 3 is 2.43 bits per heavy atom. The van der Waals surface area contributed by atoms with Crippen molar-refractivity contribution >= 4 is 27.5 Å². The van der Waals surface area contributed by atoms with Crippen LogP contribution in [0.1, 0.15) is 32.1 Å². The second-order valence-electron chi connectivity index (χ2n) is 6.15. The van der Waals surface area contributed by atoms with Gasteiger partial charge in [-0.05, 0) is 43.5 Å². The van der Waals surface area contributed by atoms with Crippen LogP contribution in [-0.4, -0.2) is 38.7 Å². The van der Waals surface area contributed by atoms with Crippen molar-refractivity contribution in [3.8, 4) is 0 Å². The van der Waals surface area contributed by atoms with Crippen LogP contribution < -0.4 is 5.32 Å². The molecule has 1 N–H and O–H groups in total. The van der Waals surface area contributed by atoms with E-state index in [9.17, 15) is 13.2 Å². The molecule has 0 bridgehead atoms. The summed E-state index contributed by atoms with van der Waals surface area (Å²) in [6.45, 7) is 0.834. The molecule has 1 saturated carbocycles. The maximum Gasteiger partial charge on any atom is 0.283 e. The van der Waals surface area contributed by atoms with Gasteiger partial charge in [-0.25, -0.2) is 0 Å². The summed E-state index contributed by atoms with van der Waals surface area (Å²) in [5, 5.41) is 2.82. The van der Waals surface area contributed by atoms with Gasteiger partial charge in [-0.1, -0.05) is 6.42 Å². The number of sulfonamides is 1. The molecule has 1 aliphatic heterocycles. The summed E-state index contributed by atoms with van der Waals surface area (Å²) in [7, 11) is -1.85. The van der Waals surface area contributed by atoms with Gasteiger partial charge in [-0.15, -0.1) is 4.40 Å². The van der Waals surface area contributed by atoms with E-state index in [0.717, 1.165) is 32.2 Å². The van der Waals surface area contributed by atoms with Crippen molar-refractivity contribution in [2.45, 2.75) is 37.0 Å². The molecule has 0 radical (unpaired) electrons. The van der Waals surface area contributed by atoms with Crippen LogP contribution in [0.5, 0.6) is 0 Å². The maximum atomic E-state index is 12.3. The minimum Gasteiger partial charge on any atom is -0.362 e. The van der Waals surface area contributed by atoms with Crippen LogP contribution in [0.3, 0.4) is 0 Å². The van der Waals surface area contributed by atoms with Crippen LogP contribution in [-0.2, 0) is 14.8 Å². The molecule has 3 rings (SSSR count). The van der Waals surface area contributed by atoms with Crippen LogP contribution in [0.25, 0.3) is 0 Å². The standard InChI is InChI=1S/C16H21N3O3S/c1-19-11-3-6-15(19)18-23(21,22)14-9-7-13(8-10-14)17-16(20)12-4-2-5-12/h7-10,12H,2-6,11H2,1H3,(H,17,20)/b18-15-. The summed E-state index contributed by atoms with van der Waals surface area (Å²) < 4.78 is 28.6. The van der Waals surface area contributed by atoms with E-state index in [4.69, 9.17) is 0 Å². The molecule has 2 aliphatic rings. The second-order valence-corrected chi connectivity index (χ2v) is 7.75. The number of hydrogen-bond donors (Lipinski definition) is 1. The normalized spacial score (nSPS) is 20.6. The molecule has 7 heteroatoms. The zero-order valence-electron chi connectivity index (χ0n) is 13.2. The van der Waals surface area contributed by atoms with Gasteiger partial charge in [-0.2, -0.15) is 8.42 Å². The van der Waals surface area contributed by atoms with Crippen molar-refractivity contribution < 1.29 is 13.2 Å². The monoisotopic (exact) mass is 335 g/mol. The van der Waals surface area contributed by atoms with E-state index >= 15 is 0 Å². The van der Waals surface area contributed by atoms with Gasteiger partial charge in [0, 0.05) is 31.6 Å². The number of hydrogen-bond acceptors (Lipinski definition) is 3. The van der Waals surface area contributed by atoms with Gasteiger partial charge < -0.3 is 10.2 Å². The summed E-state index contributed by atoms with van der Waals surface area (Å²) in [6.07, 6.45) is 4.58. The molecule has 1 amide bonds. The number of anilines is 1. The van der Waals surface area contributed by atoms with E-state index in [1.807, 2.05) is 11.9 Å². The Morgan fingerprint density at radius 1 is 1.22 bits per heavy atom. The number of benzene rings is 1. The van der Waals surface area contributed by atoms with E-state index in [0.29, 0.717) is 17.9 Å². The van der Waals surface area contributed by atoms with Crippen LogP contribution in [0.4, 0.5) is 5.69 Å². The lowest BCUT2D eigenvalue weighted by molar-refractivity contribution is -0.122. The van der Waals surface area contributed by atoms with Gasteiger partial charge in [-0.3, -0.25) is 4.79 Å². The molecule has 1 aromatic rings. The first-order chi connectivity index (χ1) is 11.0. The molecule has 1 saturated heterocycles. The van der Waals surface area contributed by atoms with Gasteiger partial charge in [0.15, 0.2) is 0 Å². The van der Waals surface area contributed by atoms with Gasteiger partial charge >= 0.3 is 0 Å². The summed E-state index contributed by atoms with van der Waals surface area (Å²) in [6, 6.07) is 6.21. The van der Waals surface area contributed by atoms with Crippen molar-refractivity contribution in [1.29, 1.82) is 0 Å². The highest BCUT2D eigenvalue weighted by Crippen LogP contribution is 2.28. The Kier molecular flexibility index (Phi) is 4.39. The highest BCUT2D eigenvalue weighted by molar-refractivity contribution is 7.90. The number of nitrogens with zero attached hydrogens (tertiary/aromatic N) is 2. The number of nitrogens with one attached hydrogen (secondary N) is 1. The Morgan fingerprint density at radius 2 is 1.91 bits per heavy atom. The van der Waals surface area contributed by atoms with Crippen molar-refractivity contribution in [3.63, 3.8) is 0 Å². The van der Waals surface area contributed by atoms with Gasteiger partial charge in [0.25, 0.3) is 10.0 Å². The average molecular weight is 335 g/mol. The number of carbonyl (C=O) groups is 1. The van der Waals surface area contributed by atoms with E-state index in [2.05, 4.69) is 9.71 Å². The van der Waals surface area contributed by atoms with Crippen molar-refractivity contribution in [3.05, 3.63) is 24.3 Å². The van der Waals surface area contributed by atoms with Crippen LogP contribution >= 0.6 is 0 Å². The van der Waals surface area contributed by atoms with Crippen LogP contribution in [0.15, 0.2) is 33.6 Å². The molecule has 0 unspecified atom stereocenters.